The Morgan fingerprint density at radius 2 is 1.08 bits per heavy atom. The normalized spacial score (nSPS) is 12.8. The van der Waals surface area contributed by atoms with Crippen molar-refractivity contribution < 1.29 is 10.2 Å². The van der Waals surface area contributed by atoms with Gasteiger partial charge >= 0.3 is 0 Å². The lowest BCUT2D eigenvalue weighted by Crippen LogP contribution is -2.35. The molecule has 1 unspecified atom stereocenters. The van der Waals surface area contributed by atoms with Crippen LogP contribution >= 0.6 is 0 Å². The van der Waals surface area contributed by atoms with Crippen molar-refractivity contribution in [2.75, 3.05) is 0 Å². The lowest BCUT2D eigenvalue weighted by Gasteiger charge is -2.34. The third kappa shape index (κ3) is 2.99. The highest BCUT2D eigenvalue weighted by Crippen LogP contribution is 2.41. The van der Waals surface area contributed by atoms with Gasteiger partial charge in [-0.05, 0) is 30.5 Å². The van der Waals surface area contributed by atoms with Crippen molar-refractivity contribution in [3.8, 4) is 0 Å². The van der Waals surface area contributed by atoms with Crippen LogP contribution in [0.2, 0.25) is 0 Å². The standard InChI is InChI=1S/C22H22O2/c1-16-8-12-19(13-9-16)22(24,20-14-10-17(2)11-15-20)21(23)18-6-4-3-5-7-18/h3-15,21,23-24H,1-2H3. The van der Waals surface area contributed by atoms with Crippen LogP contribution in [0.4, 0.5) is 0 Å². The number of hydrogen-bond acceptors (Lipinski definition) is 2. The minimum Gasteiger partial charge on any atom is -0.385 e. The van der Waals surface area contributed by atoms with E-state index in [1.807, 2.05) is 92.7 Å². The maximum absolute atomic E-state index is 11.6. The number of aliphatic hydroxyl groups is 2. The molecule has 2 heteroatoms. The summed E-state index contributed by atoms with van der Waals surface area (Å²) in [6.07, 6.45) is -1.07. The van der Waals surface area contributed by atoms with Gasteiger partial charge in [-0.15, -0.1) is 0 Å². The zero-order chi connectivity index (χ0) is 17.2. The van der Waals surface area contributed by atoms with E-state index in [0.29, 0.717) is 16.7 Å². The number of benzene rings is 3. The van der Waals surface area contributed by atoms with Gasteiger partial charge in [0.25, 0.3) is 0 Å². The molecule has 2 nitrogen and oxygen atoms in total. The Bertz CT molecular complexity index is 744. The molecule has 1 atom stereocenters. The molecule has 24 heavy (non-hydrogen) atoms. The van der Waals surface area contributed by atoms with Crippen molar-refractivity contribution >= 4 is 0 Å². The van der Waals surface area contributed by atoms with E-state index in [9.17, 15) is 10.2 Å². The van der Waals surface area contributed by atoms with Crippen LogP contribution in [0.15, 0.2) is 78.9 Å². The van der Waals surface area contributed by atoms with Gasteiger partial charge in [-0.2, -0.15) is 0 Å². The number of hydrogen-bond donors (Lipinski definition) is 2. The molecule has 3 aromatic rings. The highest BCUT2D eigenvalue weighted by molar-refractivity contribution is 5.42. The molecule has 0 fully saturated rings. The van der Waals surface area contributed by atoms with Crippen molar-refractivity contribution in [2.24, 2.45) is 0 Å². The van der Waals surface area contributed by atoms with Crippen molar-refractivity contribution in [3.05, 3.63) is 107 Å². The van der Waals surface area contributed by atoms with Gasteiger partial charge < -0.3 is 10.2 Å². The zero-order valence-corrected chi connectivity index (χ0v) is 14.0. The maximum Gasteiger partial charge on any atom is 0.145 e. The molecule has 0 saturated heterocycles. The Labute approximate surface area is 143 Å². The summed E-state index contributed by atoms with van der Waals surface area (Å²) in [5, 5.41) is 22.6. The van der Waals surface area contributed by atoms with Gasteiger partial charge in [0.2, 0.25) is 0 Å². The van der Waals surface area contributed by atoms with Gasteiger partial charge in [-0.25, -0.2) is 0 Å². The van der Waals surface area contributed by atoms with Crippen LogP contribution in [0.3, 0.4) is 0 Å². The third-order valence-corrected chi connectivity index (χ3v) is 4.49. The monoisotopic (exact) mass is 318 g/mol. The van der Waals surface area contributed by atoms with Crippen molar-refractivity contribution in [1.29, 1.82) is 0 Å². The Balaban J connectivity index is 2.16. The molecule has 0 spiro atoms. The number of aryl methyl sites for hydroxylation is 2. The van der Waals surface area contributed by atoms with Crippen molar-refractivity contribution in [2.45, 2.75) is 25.6 Å². The summed E-state index contributed by atoms with van der Waals surface area (Å²) in [6.45, 7) is 4.00. The van der Waals surface area contributed by atoms with Gasteiger partial charge in [0.05, 0.1) is 0 Å². The fraction of sp³-hybridized carbons (Fsp3) is 0.182. The fourth-order valence-electron chi connectivity index (χ4n) is 2.97. The molecule has 3 aromatic carbocycles. The van der Waals surface area contributed by atoms with E-state index in [1.54, 1.807) is 0 Å². The Hall–Kier alpha value is -2.42. The molecule has 0 aliphatic rings. The lowest BCUT2D eigenvalue weighted by molar-refractivity contribution is -0.0517. The highest BCUT2D eigenvalue weighted by atomic mass is 16.3. The number of aliphatic hydroxyl groups excluding tert-OH is 1. The molecule has 0 aliphatic heterocycles. The van der Waals surface area contributed by atoms with Crippen LogP contribution < -0.4 is 0 Å². The molecule has 0 bridgehead atoms. The first-order valence-electron chi connectivity index (χ1n) is 8.11. The Morgan fingerprint density at radius 3 is 1.50 bits per heavy atom. The molecular formula is C22H22O2. The molecule has 3 rings (SSSR count). The van der Waals surface area contributed by atoms with Gasteiger partial charge in [0.1, 0.15) is 11.7 Å². The first kappa shape index (κ1) is 16.4. The predicted molar refractivity (Wildman–Crippen MR) is 96.8 cm³/mol. The molecule has 2 N–H and O–H groups in total. The van der Waals surface area contributed by atoms with Crippen LogP contribution in [-0.2, 0) is 5.60 Å². The van der Waals surface area contributed by atoms with E-state index in [1.165, 1.54) is 0 Å². The van der Waals surface area contributed by atoms with Gasteiger partial charge in [0.15, 0.2) is 0 Å². The Morgan fingerprint density at radius 1 is 0.667 bits per heavy atom. The molecule has 0 heterocycles. The molecule has 0 radical (unpaired) electrons. The lowest BCUT2D eigenvalue weighted by atomic mass is 9.78. The molecule has 0 aliphatic carbocycles. The summed E-state index contributed by atoms with van der Waals surface area (Å²) >= 11 is 0. The smallest absolute Gasteiger partial charge is 0.145 e. The van der Waals surface area contributed by atoms with E-state index in [4.69, 9.17) is 0 Å². The van der Waals surface area contributed by atoms with Crippen molar-refractivity contribution in [1.82, 2.24) is 0 Å². The van der Waals surface area contributed by atoms with Gasteiger partial charge in [-0.1, -0.05) is 90.0 Å². The molecular weight excluding hydrogens is 296 g/mol. The van der Waals surface area contributed by atoms with Crippen LogP contribution in [-0.4, -0.2) is 10.2 Å². The fourth-order valence-corrected chi connectivity index (χ4v) is 2.97. The first-order chi connectivity index (χ1) is 11.5. The SMILES string of the molecule is Cc1ccc(C(O)(c2ccc(C)cc2)C(O)c2ccccc2)cc1. The minimum absolute atomic E-state index is 0.674. The summed E-state index contributed by atoms with van der Waals surface area (Å²) < 4.78 is 0. The minimum atomic E-state index is -1.51. The first-order valence-corrected chi connectivity index (χ1v) is 8.11. The summed E-state index contributed by atoms with van der Waals surface area (Å²) in [7, 11) is 0. The van der Waals surface area contributed by atoms with E-state index in [-0.39, 0.29) is 0 Å². The average molecular weight is 318 g/mol. The largest absolute Gasteiger partial charge is 0.385 e. The van der Waals surface area contributed by atoms with Crippen molar-refractivity contribution in [3.63, 3.8) is 0 Å². The summed E-state index contributed by atoms with van der Waals surface area (Å²) in [4.78, 5) is 0. The molecule has 0 saturated carbocycles. The average Bonchev–Trinajstić information content (AvgIpc) is 2.62. The van der Waals surface area contributed by atoms with E-state index < -0.39 is 11.7 Å². The molecule has 0 aromatic heterocycles. The van der Waals surface area contributed by atoms with Crippen LogP contribution in [0.1, 0.15) is 33.9 Å². The summed E-state index contributed by atoms with van der Waals surface area (Å²) in [5.74, 6) is 0. The third-order valence-electron chi connectivity index (χ3n) is 4.49. The highest BCUT2D eigenvalue weighted by Gasteiger charge is 2.40. The van der Waals surface area contributed by atoms with E-state index in [0.717, 1.165) is 11.1 Å². The van der Waals surface area contributed by atoms with Crippen LogP contribution in [0.25, 0.3) is 0 Å². The van der Waals surface area contributed by atoms with Crippen LogP contribution in [0, 0.1) is 13.8 Å². The van der Waals surface area contributed by atoms with Gasteiger partial charge in [0, 0.05) is 0 Å². The van der Waals surface area contributed by atoms with Crippen LogP contribution in [0.5, 0.6) is 0 Å². The summed E-state index contributed by atoms with van der Waals surface area (Å²) in [5.41, 5.74) is 2.74. The second kappa shape index (κ2) is 6.60. The zero-order valence-electron chi connectivity index (χ0n) is 14.0. The number of rotatable bonds is 4. The molecule has 0 amide bonds. The topological polar surface area (TPSA) is 40.5 Å². The second-order valence-corrected chi connectivity index (χ2v) is 6.31. The van der Waals surface area contributed by atoms with Gasteiger partial charge in [-0.3, -0.25) is 0 Å². The predicted octanol–water partition coefficient (Wildman–Crippen LogP) is 4.27. The second-order valence-electron chi connectivity index (χ2n) is 6.31. The quantitative estimate of drug-likeness (QED) is 0.754. The summed E-state index contributed by atoms with van der Waals surface area (Å²) in [6, 6.07) is 24.6. The maximum atomic E-state index is 11.6. The molecule has 122 valence electrons. The van der Waals surface area contributed by atoms with E-state index >= 15 is 0 Å². The van der Waals surface area contributed by atoms with E-state index in [2.05, 4.69) is 0 Å². The Kier molecular flexibility index (Phi) is 4.52.